The number of hydrogen-bond acceptors (Lipinski definition) is 1. The van der Waals surface area contributed by atoms with E-state index in [1.165, 1.54) is 18.2 Å². The largest absolute Gasteiger partial charge is 0.506 e. The van der Waals surface area contributed by atoms with E-state index in [2.05, 4.69) is 0 Å². The lowest BCUT2D eigenvalue weighted by Crippen LogP contribution is -1.78. The lowest BCUT2D eigenvalue weighted by molar-refractivity contribution is 0.476. The van der Waals surface area contributed by atoms with Gasteiger partial charge in [-0.2, -0.15) is 0 Å². The number of phenolic OH excluding ortho intramolecular Hbond substituents is 1. The van der Waals surface area contributed by atoms with E-state index >= 15 is 0 Å². The minimum Gasteiger partial charge on any atom is -0.506 e. The molecule has 0 atom stereocenters. The molecule has 2 aromatic carbocycles. The molecule has 0 bridgehead atoms. The van der Waals surface area contributed by atoms with Gasteiger partial charge in [0, 0.05) is 5.39 Å². The molecule has 0 fully saturated rings. The minimum absolute atomic E-state index is 0.0146. The van der Waals surface area contributed by atoms with Gasteiger partial charge in [0.05, 0.1) is 5.02 Å². The smallest absolute Gasteiger partial charge is 0.134 e. The third kappa shape index (κ3) is 1.33. The van der Waals surface area contributed by atoms with Crippen LogP contribution in [0, 0.1) is 5.82 Å². The Balaban J connectivity index is 2.87. The zero-order valence-electron chi connectivity index (χ0n) is 6.59. The van der Waals surface area contributed by atoms with Crippen molar-refractivity contribution in [3.8, 4) is 5.75 Å². The van der Waals surface area contributed by atoms with Gasteiger partial charge in [-0.25, -0.2) is 4.39 Å². The third-order valence-corrected chi connectivity index (χ3v) is 2.29. The van der Waals surface area contributed by atoms with E-state index in [0.29, 0.717) is 10.8 Å². The molecule has 0 aliphatic rings. The molecule has 2 rings (SSSR count). The van der Waals surface area contributed by atoms with Crippen LogP contribution in [0.2, 0.25) is 5.02 Å². The molecule has 66 valence electrons. The van der Waals surface area contributed by atoms with Gasteiger partial charge in [-0.1, -0.05) is 17.7 Å². The van der Waals surface area contributed by atoms with Crippen molar-refractivity contribution in [2.45, 2.75) is 0 Å². The molecule has 0 amide bonds. The molecule has 0 spiro atoms. The van der Waals surface area contributed by atoms with Crippen LogP contribution in [0.1, 0.15) is 0 Å². The van der Waals surface area contributed by atoms with Gasteiger partial charge in [0.2, 0.25) is 0 Å². The van der Waals surface area contributed by atoms with E-state index in [4.69, 9.17) is 11.6 Å². The van der Waals surface area contributed by atoms with Crippen LogP contribution in [0.5, 0.6) is 5.75 Å². The summed E-state index contributed by atoms with van der Waals surface area (Å²) < 4.78 is 12.8. The van der Waals surface area contributed by atoms with Gasteiger partial charge in [0.25, 0.3) is 0 Å². The van der Waals surface area contributed by atoms with E-state index in [-0.39, 0.29) is 16.6 Å². The second-order valence-electron chi connectivity index (χ2n) is 2.76. The highest BCUT2D eigenvalue weighted by Gasteiger charge is 2.04. The van der Waals surface area contributed by atoms with Crippen molar-refractivity contribution in [2.24, 2.45) is 0 Å². The average Bonchev–Trinajstić information content (AvgIpc) is 2.12. The first kappa shape index (κ1) is 8.32. The quantitative estimate of drug-likeness (QED) is 0.685. The minimum atomic E-state index is -0.311. The first-order valence-corrected chi connectivity index (χ1v) is 4.13. The van der Waals surface area contributed by atoms with Crippen LogP contribution in [0.3, 0.4) is 0 Å². The summed E-state index contributed by atoms with van der Waals surface area (Å²) in [6.07, 6.45) is 0. The number of fused-ring (bicyclic) bond motifs is 1. The molecule has 0 heterocycles. The Bertz CT molecular complexity index is 468. The van der Waals surface area contributed by atoms with Gasteiger partial charge in [0.1, 0.15) is 11.6 Å². The monoisotopic (exact) mass is 196 g/mol. The normalized spacial score (nSPS) is 10.6. The van der Waals surface area contributed by atoms with Crippen LogP contribution in [-0.4, -0.2) is 5.11 Å². The fourth-order valence-electron chi connectivity index (χ4n) is 1.25. The summed E-state index contributed by atoms with van der Waals surface area (Å²) in [5, 5.41) is 10.9. The van der Waals surface area contributed by atoms with Crippen LogP contribution in [0.25, 0.3) is 10.8 Å². The molecule has 0 aliphatic heterocycles. The summed E-state index contributed by atoms with van der Waals surface area (Å²) in [5.74, 6) is -0.296. The fourth-order valence-corrected chi connectivity index (χ4v) is 1.49. The van der Waals surface area contributed by atoms with E-state index in [0.717, 1.165) is 0 Å². The number of hydrogen-bond donors (Lipinski definition) is 1. The average molecular weight is 197 g/mol. The molecule has 0 unspecified atom stereocenters. The van der Waals surface area contributed by atoms with Crippen molar-refractivity contribution in [3.63, 3.8) is 0 Å². The molecular formula is C10H6ClFO. The van der Waals surface area contributed by atoms with Crippen molar-refractivity contribution in [1.82, 2.24) is 0 Å². The summed E-state index contributed by atoms with van der Waals surface area (Å²) >= 11 is 5.81. The zero-order valence-corrected chi connectivity index (χ0v) is 7.35. The van der Waals surface area contributed by atoms with Crippen molar-refractivity contribution in [2.75, 3.05) is 0 Å². The molecule has 0 saturated carbocycles. The maximum Gasteiger partial charge on any atom is 0.134 e. The molecule has 0 saturated heterocycles. The predicted molar refractivity (Wildman–Crippen MR) is 50.6 cm³/mol. The molecule has 2 aromatic rings. The van der Waals surface area contributed by atoms with Crippen LogP contribution in [0.4, 0.5) is 4.39 Å². The van der Waals surface area contributed by atoms with Gasteiger partial charge in [-0.05, 0) is 29.7 Å². The van der Waals surface area contributed by atoms with Gasteiger partial charge in [-0.15, -0.1) is 0 Å². The topological polar surface area (TPSA) is 20.2 Å². The number of phenols is 1. The first-order valence-electron chi connectivity index (χ1n) is 3.75. The highest BCUT2D eigenvalue weighted by atomic mass is 35.5. The van der Waals surface area contributed by atoms with Gasteiger partial charge in [0.15, 0.2) is 0 Å². The summed E-state index contributed by atoms with van der Waals surface area (Å²) in [5.41, 5.74) is 0. The van der Waals surface area contributed by atoms with Crippen LogP contribution in [-0.2, 0) is 0 Å². The van der Waals surface area contributed by atoms with Crippen LogP contribution < -0.4 is 0 Å². The molecular weight excluding hydrogens is 191 g/mol. The van der Waals surface area contributed by atoms with Crippen molar-refractivity contribution < 1.29 is 9.50 Å². The molecule has 13 heavy (non-hydrogen) atoms. The van der Waals surface area contributed by atoms with E-state index < -0.39 is 0 Å². The molecule has 1 nitrogen and oxygen atoms in total. The molecule has 0 aromatic heterocycles. The van der Waals surface area contributed by atoms with Crippen LogP contribution in [0.15, 0.2) is 30.3 Å². The number of rotatable bonds is 0. The molecule has 0 aliphatic carbocycles. The summed E-state index contributed by atoms with van der Waals surface area (Å²) in [4.78, 5) is 0. The summed E-state index contributed by atoms with van der Waals surface area (Å²) in [6, 6.07) is 7.31. The Labute approximate surface area is 79.4 Å². The van der Waals surface area contributed by atoms with E-state index in [1.54, 1.807) is 12.1 Å². The number of benzene rings is 2. The van der Waals surface area contributed by atoms with Gasteiger partial charge >= 0.3 is 0 Å². The number of aromatic hydroxyl groups is 1. The summed E-state index contributed by atoms with van der Waals surface area (Å²) in [6.45, 7) is 0. The lowest BCUT2D eigenvalue weighted by atomic mass is 10.1. The Kier molecular flexibility index (Phi) is 1.85. The van der Waals surface area contributed by atoms with Gasteiger partial charge in [-0.3, -0.25) is 0 Å². The Morgan fingerprint density at radius 1 is 1.15 bits per heavy atom. The van der Waals surface area contributed by atoms with Crippen molar-refractivity contribution >= 4 is 22.4 Å². The van der Waals surface area contributed by atoms with E-state index in [1.807, 2.05) is 0 Å². The Morgan fingerprint density at radius 3 is 2.69 bits per heavy atom. The Hall–Kier alpha value is -1.28. The summed E-state index contributed by atoms with van der Waals surface area (Å²) in [7, 11) is 0. The second-order valence-corrected chi connectivity index (χ2v) is 3.14. The first-order chi connectivity index (χ1) is 6.18. The fraction of sp³-hybridized carbons (Fsp3) is 0. The maximum atomic E-state index is 12.8. The highest BCUT2D eigenvalue weighted by Crippen LogP contribution is 2.31. The van der Waals surface area contributed by atoms with Crippen LogP contribution >= 0.6 is 11.6 Å². The van der Waals surface area contributed by atoms with Gasteiger partial charge < -0.3 is 5.11 Å². The molecule has 3 heteroatoms. The second kappa shape index (κ2) is 2.89. The standard InChI is InChI=1S/C10H6ClFO/c11-10-8-3-2-7(12)5-6(8)1-4-9(10)13/h1-5,13H. The molecule has 1 N–H and O–H groups in total. The van der Waals surface area contributed by atoms with Crippen molar-refractivity contribution in [3.05, 3.63) is 41.2 Å². The maximum absolute atomic E-state index is 12.8. The van der Waals surface area contributed by atoms with E-state index in [9.17, 15) is 9.50 Å². The SMILES string of the molecule is Oc1ccc2cc(F)ccc2c1Cl. The van der Waals surface area contributed by atoms with Crippen molar-refractivity contribution in [1.29, 1.82) is 0 Å². The zero-order chi connectivity index (χ0) is 9.42. The Morgan fingerprint density at radius 2 is 1.92 bits per heavy atom. The number of halogens is 2. The third-order valence-electron chi connectivity index (χ3n) is 1.90. The molecule has 0 radical (unpaired) electrons. The predicted octanol–water partition coefficient (Wildman–Crippen LogP) is 3.34. The lowest BCUT2D eigenvalue weighted by Gasteiger charge is -2.01. The highest BCUT2D eigenvalue weighted by molar-refractivity contribution is 6.36.